The Bertz CT molecular complexity index is 468. The molecule has 0 bridgehead atoms. The highest BCUT2D eigenvalue weighted by atomic mass is 79.9. The van der Waals surface area contributed by atoms with Crippen LogP contribution in [0, 0.1) is 6.92 Å². The van der Waals surface area contributed by atoms with Gasteiger partial charge < -0.3 is 10.6 Å². The van der Waals surface area contributed by atoms with E-state index in [9.17, 15) is 0 Å². The van der Waals surface area contributed by atoms with Crippen molar-refractivity contribution in [2.24, 2.45) is 10.7 Å². The van der Waals surface area contributed by atoms with E-state index < -0.39 is 0 Å². The Morgan fingerprint density at radius 3 is 3.06 bits per heavy atom. The minimum absolute atomic E-state index is 0.236. The topological polar surface area (TPSA) is 41.6 Å². The van der Waals surface area contributed by atoms with Gasteiger partial charge in [0.25, 0.3) is 0 Å². The average Bonchev–Trinajstić information content (AvgIpc) is 2.66. The zero-order valence-electron chi connectivity index (χ0n) is 9.86. The number of hydrogen-bond donors (Lipinski definition) is 1. The van der Waals surface area contributed by atoms with Crippen molar-refractivity contribution in [1.29, 1.82) is 0 Å². The fourth-order valence-electron chi connectivity index (χ4n) is 2.05. The first-order chi connectivity index (χ1) is 8.13. The molecule has 2 rings (SSSR count). The monoisotopic (exact) mass is 293 g/mol. The molecular weight excluding hydrogens is 278 g/mol. The Hall–Kier alpha value is -1.29. The lowest BCUT2D eigenvalue weighted by molar-refractivity contribution is 0.380. The molecule has 1 atom stereocenters. The van der Waals surface area contributed by atoms with Gasteiger partial charge in [-0.25, -0.2) is 0 Å². The SMILES string of the molecule is C=CCN1C(N)=NCC1c1ccc(Br)c(C)c1. The molecule has 1 aliphatic rings. The van der Waals surface area contributed by atoms with Crippen LogP contribution in [0.15, 0.2) is 40.3 Å². The third-order valence-electron chi connectivity index (χ3n) is 2.99. The number of halogens is 1. The van der Waals surface area contributed by atoms with E-state index in [1.54, 1.807) is 0 Å². The smallest absolute Gasteiger partial charge is 0.192 e. The fourth-order valence-corrected chi connectivity index (χ4v) is 2.30. The van der Waals surface area contributed by atoms with Gasteiger partial charge >= 0.3 is 0 Å². The van der Waals surface area contributed by atoms with E-state index in [1.165, 1.54) is 11.1 Å². The van der Waals surface area contributed by atoms with Gasteiger partial charge in [0.2, 0.25) is 0 Å². The molecule has 1 aromatic carbocycles. The summed E-state index contributed by atoms with van der Waals surface area (Å²) in [6.45, 7) is 7.30. The molecule has 4 heteroatoms. The number of aliphatic imine (C=N–C) groups is 1. The van der Waals surface area contributed by atoms with E-state index in [0.717, 1.165) is 17.6 Å². The summed E-state index contributed by atoms with van der Waals surface area (Å²) in [5.41, 5.74) is 8.35. The van der Waals surface area contributed by atoms with E-state index in [2.05, 4.69) is 57.5 Å². The zero-order chi connectivity index (χ0) is 12.4. The molecule has 1 aromatic rings. The van der Waals surface area contributed by atoms with Gasteiger partial charge in [-0.1, -0.05) is 34.1 Å². The Morgan fingerprint density at radius 2 is 2.41 bits per heavy atom. The number of nitrogens with zero attached hydrogens (tertiary/aromatic N) is 2. The van der Waals surface area contributed by atoms with Crippen molar-refractivity contribution in [1.82, 2.24) is 4.90 Å². The lowest BCUT2D eigenvalue weighted by atomic mass is 10.0. The maximum atomic E-state index is 5.88. The number of hydrogen-bond acceptors (Lipinski definition) is 3. The number of benzene rings is 1. The summed E-state index contributed by atoms with van der Waals surface area (Å²) >= 11 is 3.51. The first kappa shape index (κ1) is 12.2. The van der Waals surface area contributed by atoms with Gasteiger partial charge in [0, 0.05) is 11.0 Å². The maximum absolute atomic E-state index is 5.88. The van der Waals surface area contributed by atoms with E-state index >= 15 is 0 Å². The minimum Gasteiger partial charge on any atom is -0.370 e. The lowest BCUT2D eigenvalue weighted by Gasteiger charge is -2.25. The quantitative estimate of drug-likeness (QED) is 0.871. The molecule has 3 nitrogen and oxygen atoms in total. The van der Waals surface area contributed by atoms with Crippen molar-refractivity contribution in [3.8, 4) is 0 Å². The van der Waals surface area contributed by atoms with Crippen molar-refractivity contribution in [2.75, 3.05) is 13.1 Å². The predicted molar refractivity (Wildman–Crippen MR) is 75.0 cm³/mol. The molecule has 1 heterocycles. The molecule has 0 aromatic heterocycles. The predicted octanol–water partition coefficient (Wildman–Crippen LogP) is 2.61. The van der Waals surface area contributed by atoms with Crippen molar-refractivity contribution < 1.29 is 0 Å². The number of nitrogens with two attached hydrogens (primary N) is 1. The van der Waals surface area contributed by atoms with Crippen LogP contribution in [0.3, 0.4) is 0 Å². The van der Waals surface area contributed by atoms with Gasteiger partial charge in [0.1, 0.15) is 0 Å². The molecule has 0 aliphatic carbocycles. The van der Waals surface area contributed by atoms with Crippen LogP contribution in [0.4, 0.5) is 0 Å². The summed E-state index contributed by atoms with van der Waals surface area (Å²) in [6.07, 6.45) is 1.85. The van der Waals surface area contributed by atoms with E-state index in [1.807, 2.05) is 6.08 Å². The Kier molecular flexibility index (Phi) is 3.52. The molecule has 1 unspecified atom stereocenters. The molecule has 0 spiro atoms. The molecule has 0 saturated carbocycles. The maximum Gasteiger partial charge on any atom is 0.192 e. The zero-order valence-corrected chi connectivity index (χ0v) is 11.4. The molecule has 90 valence electrons. The van der Waals surface area contributed by atoms with Crippen LogP contribution in [0.1, 0.15) is 17.2 Å². The first-order valence-electron chi connectivity index (χ1n) is 5.57. The molecular formula is C13H16BrN3. The van der Waals surface area contributed by atoms with Crippen molar-refractivity contribution in [2.45, 2.75) is 13.0 Å². The average molecular weight is 294 g/mol. The van der Waals surface area contributed by atoms with Gasteiger partial charge in [-0.05, 0) is 24.1 Å². The normalized spacial score (nSPS) is 19.3. The van der Waals surface area contributed by atoms with Gasteiger partial charge in [0.15, 0.2) is 5.96 Å². The van der Waals surface area contributed by atoms with Crippen molar-refractivity contribution in [3.63, 3.8) is 0 Å². The molecule has 0 amide bonds. The Labute approximate surface area is 110 Å². The molecule has 0 saturated heterocycles. The second kappa shape index (κ2) is 4.92. The molecule has 2 N–H and O–H groups in total. The van der Waals surface area contributed by atoms with Gasteiger partial charge in [0.05, 0.1) is 12.6 Å². The summed E-state index contributed by atoms with van der Waals surface area (Å²) in [4.78, 5) is 6.39. The molecule has 0 fully saturated rings. The van der Waals surface area contributed by atoms with Crippen molar-refractivity contribution >= 4 is 21.9 Å². The van der Waals surface area contributed by atoms with Crippen LogP contribution in [-0.4, -0.2) is 23.9 Å². The third kappa shape index (κ3) is 2.36. The van der Waals surface area contributed by atoms with Crippen molar-refractivity contribution in [3.05, 3.63) is 46.5 Å². The van der Waals surface area contributed by atoms with Crippen LogP contribution in [0.25, 0.3) is 0 Å². The number of guanidine groups is 1. The highest BCUT2D eigenvalue weighted by molar-refractivity contribution is 9.10. The summed E-state index contributed by atoms with van der Waals surface area (Å²) in [5, 5.41) is 0. The molecule has 0 radical (unpaired) electrons. The van der Waals surface area contributed by atoms with Crippen LogP contribution in [0.5, 0.6) is 0 Å². The number of aryl methyl sites for hydroxylation is 1. The third-order valence-corrected chi connectivity index (χ3v) is 3.88. The Balaban J connectivity index is 2.27. The number of rotatable bonds is 3. The van der Waals surface area contributed by atoms with E-state index in [-0.39, 0.29) is 6.04 Å². The first-order valence-corrected chi connectivity index (χ1v) is 6.36. The van der Waals surface area contributed by atoms with Gasteiger partial charge in [-0.3, -0.25) is 4.99 Å². The highest BCUT2D eigenvalue weighted by Gasteiger charge is 2.26. The van der Waals surface area contributed by atoms with E-state index in [0.29, 0.717) is 5.96 Å². The lowest BCUT2D eigenvalue weighted by Crippen LogP contribution is -2.36. The van der Waals surface area contributed by atoms with E-state index in [4.69, 9.17) is 5.73 Å². The van der Waals surface area contributed by atoms with Gasteiger partial charge in [-0.15, -0.1) is 6.58 Å². The molecule has 17 heavy (non-hydrogen) atoms. The second-order valence-corrected chi connectivity index (χ2v) is 5.02. The summed E-state index contributed by atoms with van der Waals surface area (Å²) < 4.78 is 1.13. The minimum atomic E-state index is 0.236. The summed E-state index contributed by atoms with van der Waals surface area (Å²) in [6, 6.07) is 6.61. The Morgan fingerprint density at radius 1 is 1.65 bits per heavy atom. The van der Waals surface area contributed by atoms with Crippen LogP contribution < -0.4 is 5.73 Å². The van der Waals surface area contributed by atoms with Crippen LogP contribution in [0.2, 0.25) is 0 Å². The summed E-state index contributed by atoms with van der Waals surface area (Å²) in [7, 11) is 0. The highest BCUT2D eigenvalue weighted by Crippen LogP contribution is 2.28. The standard InChI is InChI=1S/C13H16BrN3/c1-3-6-17-12(8-16-13(17)15)10-4-5-11(14)9(2)7-10/h3-5,7,12H,1,6,8H2,2H3,(H2,15,16). The summed E-state index contributed by atoms with van der Waals surface area (Å²) in [5.74, 6) is 0.607. The van der Waals surface area contributed by atoms with Gasteiger partial charge in [-0.2, -0.15) is 0 Å². The fraction of sp³-hybridized carbons (Fsp3) is 0.308. The van der Waals surface area contributed by atoms with Crippen LogP contribution >= 0.6 is 15.9 Å². The largest absolute Gasteiger partial charge is 0.370 e. The second-order valence-electron chi connectivity index (χ2n) is 4.16. The van der Waals surface area contributed by atoms with Crippen LogP contribution in [-0.2, 0) is 0 Å². The molecule has 1 aliphatic heterocycles.